The normalized spacial score (nSPS) is 10.3. The van der Waals surface area contributed by atoms with Gasteiger partial charge in [-0.05, 0) is 25.1 Å². The number of nitriles is 1. The maximum absolute atomic E-state index is 13.8. The van der Waals surface area contributed by atoms with Crippen LogP contribution in [-0.4, -0.2) is 9.78 Å². The fraction of sp³-hybridized carbons (Fsp3) is 0.167. The zero-order chi connectivity index (χ0) is 12.6. The van der Waals surface area contributed by atoms with Crippen LogP contribution in [0.1, 0.15) is 11.3 Å². The lowest BCUT2D eigenvalue weighted by atomic mass is 10.1. The van der Waals surface area contributed by atoms with Gasteiger partial charge < -0.3 is 0 Å². The van der Waals surface area contributed by atoms with Gasteiger partial charge in [0.05, 0.1) is 5.69 Å². The Morgan fingerprint density at radius 3 is 2.76 bits per heavy atom. The van der Waals surface area contributed by atoms with Crippen LogP contribution in [0.15, 0.2) is 18.2 Å². The molecule has 86 valence electrons. The van der Waals surface area contributed by atoms with E-state index in [0.29, 0.717) is 22.0 Å². The van der Waals surface area contributed by atoms with E-state index < -0.39 is 5.82 Å². The fourth-order valence-corrected chi connectivity index (χ4v) is 1.77. The van der Waals surface area contributed by atoms with Gasteiger partial charge in [-0.1, -0.05) is 11.6 Å². The van der Waals surface area contributed by atoms with E-state index in [2.05, 4.69) is 5.10 Å². The summed E-state index contributed by atoms with van der Waals surface area (Å²) in [5.41, 5.74) is 1.72. The number of rotatable bonds is 1. The first-order chi connectivity index (χ1) is 8.04. The summed E-state index contributed by atoms with van der Waals surface area (Å²) in [5, 5.41) is 13.5. The van der Waals surface area contributed by atoms with Gasteiger partial charge in [0.25, 0.3) is 0 Å². The maximum atomic E-state index is 13.8. The quantitative estimate of drug-likeness (QED) is 0.779. The number of hydrogen-bond donors (Lipinski definition) is 0. The number of aryl methyl sites for hydroxylation is 1. The lowest BCUT2D eigenvalue weighted by Crippen LogP contribution is -1.93. The van der Waals surface area contributed by atoms with E-state index in [0.717, 1.165) is 0 Å². The average Bonchev–Trinajstić information content (AvgIpc) is 2.55. The highest BCUT2D eigenvalue weighted by Crippen LogP contribution is 2.28. The third-order valence-electron chi connectivity index (χ3n) is 2.63. The molecule has 5 heteroatoms. The molecular weight excluding hydrogens is 241 g/mol. The molecule has 2 rings (SSSR count). The van der Waals surface area contributed by atoms with E-state index in [-0.39, 0.29) is 5.56 Å². The third kappa shape index (κ3) is 1.90. The predicted molar refractivity (Wildman–Crippen MR) is 63.1 cm³/mol. The summed E-state index contributed by atoms with van der Waals surface area (Å²) in [7, 11) is 1.72. The van der Waals surface area contributed by atoms with Crippen molar-refractivity contribution in [2.24, 2.45) is 7.05 Å². The smallest absolute Gasteiger partial charge is 0.134 e. The molecule has 0 atom stereocenters. The number of nitrogens with zero attached hydrogens (tertiary/aromatic N) is 3. The molecule has 1 aromatic carbocycles. The van der Waals surface area contributed by atoms with Gasteiger partial charge in [0.1, 0.15) is 23.1 Å². The topological polar surface area (TPSA) is 41.6 Å². The summed E-state index contributed by atoms with van der Waals surface area (Å²) >= 11 is 5.68. The van der Waals surface area contributed by atoms with Gasteiger partial charge in [-0.15, -0.1) is 0 Å². The van der Waals surface area contributed by atoms with Crippen molar-refractivity contribution < 1.29 is 4.39 Å². The Balaban J connectivity index is 2.69. The molecule has 0 aliphatic rings. The SMILES string of the molecule is Cc1c(C#N)c(-c2ccc(Cl)cc2F)nn1C. The van der Waals surface area contributed by atoms with Crippen LogP contribution in [0.5, 0.6) is 0 Å². The Morgan fingerprint density at radius 2 is 2.18 bits per heavy atom. The largest absolute Gasteiger partial charge is 0.271 e. The Bertz CT molecular complexity index is 625. The second-order valence-electron chi connectivity index (χ2n) is 3.67. The zero-order valence-electron chi connectivity index (χ0n) is 9.33. The Hall–Kier alpha value is -1.86. The molecule has 0 fully saturated rings. The highest BCUT2D eigenvalue weighted by Gasteiger charge is 2.17. The van der Waals surface area contributed by atoms with E-state index in [4.69, 9.17) is 16.9 Å². The van der Waals surface area contributed by atoms with Crippen molar-refractivity contribution in [2.45, 2.75) is 6.92 Å². The molecule has 0 bridgehead atoms. The molecule has 0 aliphatic carbocycles. The van der Waals surface area contributed by atoms with Gasteiger partial charge in [-0.2, -0.15) is 10.4 Å². The molecular formula is C12H9ClFN3. The Morgan fingerprint density at radius 1 is 1.47 bits per heavy atom. The molecule has 0 saturated carbocycles. The van der Waals surface area contributed by atoms with Crippen LogP contribution in [-0.2, 0) is 7.05 Å². The highest BCUT2D eigenvalue weighted by atomic mass is 35.5. The molecule has 0 N–H and O–H groups in total. The molecule has 0 amide bonds. The summed E-state index contributed by atoms with van der Waals surface area (Å²) in [4.78, 5) is 0. The van der Waals surface area contributed by atoms with Crippen molar-refractivity contribution in [1.29, 1.82) is 5.26 Å². The molecule has 2 aromatic rings. The Labute approximate surface area is 103 Å². The monoisotopic (exact) mass is 249 g/mol. The van der Waals surface area contributed by atoms with Gasteiger partial charge in [-0.25, -0.2) is 4.39 Å². The van der Waals surface area contributed by atoms with E-state index in [1.807, 2.05) is 6.07 Å². The molecule has 1 heterocycles. The van der Waals surface area contributed by atoms with Gasteiger partial charge >= 0.3 is 0 Å². The zero-order valence-corrected chi connectivity index (χ0v) is 10.1. The number of benzene rings is 1. The molecule has 0 radical (unpaired) electrons. The summed E-state index contributed by atoms with van der Waals surface area (Å²) in [6, 6.07) is 6.35. The summed E-state index contributed by atoms with van der Waals surface area (Å²) in [6.07, 6.45) is 0. The Kier molecular flexibility index (Phi) is 2.86. The average molecular weight is 250 g/mol. The van der Waals surface area contributed by atoms with E-state index in [1.54, 1.807) is 24.7 Å². The fourth-order valence-electron chi connectivity index (χ4n) is 1.61. The van der Waals surface area contributed by atoms with Crippen molar-refractivity contribution in [2.75, 3.05) is 0 Å². The number of hydrogen-bond acceptors (Lipinski definition) is 2. The van der Waals surface area contributed by atoms with Crippen LogP contribution in [0.4, 0.5) is 4.39 Å². The van der Waals surface area contributed by atoms with Crippen LogP contribution in [0.25, 0.3) is 11.3 Å². The first-order valence-electron chi connectivity index (χ1n) is 4.93. The molecule has 3 nitrogen and oxygen atoms in total. The summed E-state index contributed by atoms with van der Waals surface area (Å²) in [5.74, 6) is -0.480. The van der Waals surface area contributed by atoms with Crippen LogP contribution >= 0.6 is 11.6 Å². The third-order valence-corrected chi connectivity index (χ3v) is 2.87. The highest BCUT2D eigenvalue weighted by molar-refractivity contribution is 6.30. The van der Waals surface area contributed by atoms with Crippen molar-refractivity contribution >= 4 is 11.6 Å². The minimum atomic E-state index is -0.480. The number of halogens is 2. The van der Waals surface area contributed by atoms with Crippen LogP contribution in [0.2, 0.25) is 5.02 Å². The van der Waals surface area contributed by atoms with Crippen molar-refractivity contribution in [3.63, 3.8) is 0 Å². The number of aromatic nitrogens is 2. The first kappa shape index (κ1) is 11.6. The van der Waals surface area contributed by atoms with E-state index in [9.17, 15) is 4.39 Å². The van der Waals surface area contributed by atoms with Crippen molar-refractivity contribution in [3.05, 3.63) is 40.3 Å². The standard InChI is InChI=1S/C12H9ClFN3/c1-7-10(6-15)12(16-17(7)2)9-4-3-8(13)5-11(9)14/h3-5H,1-2H3. The van der Waals surface area contributed by atoms with Gasteiger partial charge in [0, 0.05) is 17.6 Å². The second kappa shape index (κ2) is 4.19. The first-order valence-corrected chi connectivity index (χ1v) is 5.31. The van der Waals surface area contributed by atoms with Crippen LogP contribution in [0, 0.1) is 24.1 Å². The van der Waals surface area contributed by atoms with Crippen LogP contribution < -0.4 is 0 Å². The molecule has 17 heavy (non-hydrogen) atoms. The summed E-state index contributed by atoms with van der Waals surface area (Å²) < 4.78 is 15.3. The van der Waals surface area contributed by atoms with Gasteiger partial charge in [0.2, 0.25) is 0 Å². The molecule has 0 saturated heterocycles. The van der Waals surface area contributed by atoms with Crippen LogP contribution in [0.3, 0.4) is 0 Å². The molecule has 0 unspecified atom stereocenters. The molecule has 0 spiro atoms. The molecule has 1 aromatic heterocycles. The lowest BCUT2D eigenvalue weighted by Gasteiger charge is -2.00. The molecule has 0 aliphatic heterocycles. The van der Waals surface area contributed by atoms with Gasteiger partial charge in [0.15, 0.2) is 0 Å². The van der Waals surface area contributed by atoms with E-state index in [1.165, 1.54) is 12.1 Å². The maximum Gasteiger partial charge on any atom is 0.134 e. The van der Waals surface area contributed by atoms with E-state index >= 15 is 0 Å². The van der Waals surface area contributed by atoms with Gasteiger partial charge in [-0.3, -0.25) is 4.68 Å². The summed E-state index contributed by atoms with van der Waals surface area (Å²) in [6.45, 7) is 1.77. The minimum Gasteiger partial charge on any atom is -0.271 e. The predicted octanol–water partition coefficient (Wildman–Crippen LogP) is 3.06. The lowest BCUT2D eigenvalue weighted by molar-refractivity contribution is 0.630. The minimum absolute atomic E-state index is 0.287. The second-order valence-corrected chi connectivity index (χ2v) is 4.11. The van der Waals surface area contributed by atoms with Crippen molar-refractivity contribution in [3.8, 4) is 17.3 Å². The van der Waals surface area contributed by atoms with Crippen molar-refractivity contribution in [1.82, 2.24) is 9.78 Å².